The largest absolute Gasteiger partial charge is 0.466 e. The average molecular weight is 703 g/mol. The summed E-state index contributed by atoms with van der Waals surface area (Å²) in [6.07, 6.45) is 6.02. The van der Waals surface area contributed by atoms with E-state index >= 15 is 0 Å². The molecule has 0 unspecified atom stereocenters. The van der Waals surface area contributed by atoms with Crippen molar-refractivity contribution in [2.45, 2.75) is 92.2 Å². The minimum Gasteiger partial charge on any atom is -0.466 e. The fourth-order valence-corrected chi connectivity index (χ4v) is 16.5. The number of hydrogen-bond donors (Lipinski definition) is 2. The van der Waals surface area contributed by atoms with Gasteiger partial charge in [0.25, 0.3) is 0 Å². The molecule has 0 bridgehead atoms. The van der Waals surface area contributed by atoms with E-state index in [-0.39, 0.29) is 63.8 Å². The van der Waals surface area contributed by atoms with Crippen molar-refractivity contribution < 1.29 is 28.9 Å². The number of methoxy groups -OCH3 is 1. The van der Waals surface area contributed by atoms with Gasteiger partial charge in [-0.15, -0.1) is 0 Å². The monoisotopic (exact) mass is 702 g/mol. The second-order valence-electron chi connectivity index (χ2n) is 18.7. The molecule has 2 N–H and O–H groups in total. The Labute approximate surface area is 303 Å². The first-order valence-corrected chi connectivity index (χ1v) is 19.8. The van der Waals surface area contributed by atoms with E-state index in [1.54, 1.807) is 0 Å². The molecule has 52 heavy (non-hydrogen) atoms. The maximum Gasteiger partial charge on any atom is 0.335 e. The molecule has 11 aliphatic rings. The van der Waals surface area contributed by atoms with Gasteiger partial charge in [0.1, 0.15) is 6.10 Å². The maximum absolute atomic E-state index is 13.9. The molecule has 8 fully saturated rings. The third-order valence-corrected chi connectivity index (χ3v) is 17.3. The molecule has 2 aromatic carbocycles. The molecule has 0 radical (unpaired) electrons. The summed E-state index contributed by atoms with van der Waals surface area (Å²) >= 11 is 0. The zero-order chi connectivity index (χ0) is 34.6. The second kappa shape index (κ2) is 9.08. The van der Waals surface area contributed by atoms with Gasteiger partial charge in [0.2, 0.25) is 0 Å². The van der Waals surface area contributed by atoms with Gasteiger partial charge in [-0.1, -0.05) is 36.4 Å². The molecular weight excluding hydrogens is 656 g/mol. The van der Waals surface area contributed by atoms with Crippen LogP contribution in [0, 0.1) is 22.2 Å². The maximum atomic E-state index is 13.9. The van der Waals surface area contributed by atoms with Crippen LogP contribution in [0.15, 0.2) is 59.8 Å². The van der Waals surface area contributed by atoms with Crippen molar-refractivity contribution in [3.63, 3.8) is 0 Å². The lowest BCUT2D eigenvalue weighted by molar-refractivity contribution is -0.232. The van der Waals surface area contributed by atoms with E-state index in [2.05, 4.69) is 68.5 Å². The highest BCUT2D eigenvalue weighted by molar-refractivity contribution is 5.93. The van der Waals surface area contributed by atoms with Gasteiger partial charge in [0.05, 0.1) is 36.0 Å². The first kappa shape index (κ1) is 29.9. The Kier molecular flexibility index (Phi) is 5.23. The molecule has 9 heterocycles. The van der Waals surface area contributed by atoms with Crippen LogP contribution in [0.3, 0.4) is 0 Å². The Hall–Kier alpha value is -3.44. The Morgan fingerprint density at radius 1 is 0.923 bits per heavy atom. The number of ether oxygens (including phenoxy) is 3. The van der Waals surface area contributed by atoms with Crippen molar-refractivity contribution in [1.29, 1.82) is 0 Å². The number of fused-ring (bicyclic) bond motifs is 4. The lowest BCUT2D eigenvalue weighted by Gasteiger charge is -2.70. The Balaban J connectivity index is 1.01. The molecule has 5 spiro atoms. The second-order valence-corrected chi connectivity index (χ2v) is 18.7. The number of anilines is 2. The van der Waals surface area contributed by atoms with Gasteiger partial charge in [-0.3, -0.25) is 14.6 Å². The summed E-state index contributed by atoms with van der Waals surface area (Å²) in [5.41, 5.74) is 3.82. The number of hydrogen-bond acceptors (Lipinski definition) is 10. The minimum atomic E-state index is -1.07. The number of esters is 2. The van der Waals surface area contributed by atoms with E-state index < -0.39 is 11.1 Å². The van der Waals surface area contributed by atoms with Gasteiger partial charge < -0.3 is 29.5 Å². The zero-order valence-corrected chi connectivity index (χ0v) is 29.7. The molecule has 2 aromatic rings. The Morgan fingerprint density at radius 2 is 1.75 bits per heavy atom. The Bertz CT molecular complexity index is 2070. The molecule has 9 aliphatic heterocycles. The summed E-state index contributed by atoms with van der Waals surface area (Å²) in [7, 11) is 1.51. The molecule has 7 saturated heterocycles. The van der Waals surface area contributed by atoms with Crippen LogP contribution >= 0.6 is 0 Å². The summed E-state index contributed by atoms with van der Waals surface area (Å²) in [5.74, 6) is -0.380. The summed E-state index contributed by atoms with van der Waals surface area (Å²) in [6, 6.07) is 17.7. The summed E-state index contributed by atoms with van der Waals surface area (Å²) in [4.78, 5) is 35.1. The molecule has 0 amide bonds. The van der Waals surface area contributed by atoms with Crippen LogP contribution in [0.2, 0.25) is 0 Å². The molecule has 1 saturated carbocycles. The smallest absolute Gasteiger partial charge is 0.335 e. The fraction of sp³-hybridized carbons (Fsp3) is 0.619. The zero-order valence-electron chi connectivity index (χ0n) is 29.7. The topological polar surface area (TPSA) is 104 Å². The van der Waals surface area contributed by atoms with Crippen LogP contribution < -0.4 is 10.2 Å². The fourth-order valence-electron chi connectivity index (χ4n) is 16.5. The quantitative estimate of drug-likeness (QED) is 0.428. The Morgan fingerprint density at radius 3 is 2.63 bits per heavy atom. The van der Waals surface area contributed by atoms with Crippen molar-refractivity contribution in [2.75, 3.05) is 56.7 Å². The number of nitrogens with zero attached hydrogens (tertiary/aromatic N) is 3. The number of rotatable bonds is 1. The predicted octanol–water partition coefficient (Wildman–Crippen LogP) is 3.68. The summed E-state index contributed by atoms with van der Waals surface area (Å²) in [6.45, 7) is 5.03. The van der Waals surface area contributed by atoms with E-state index in [0.717, 1.165) is 87.3 Å². The number of benzene rings is 2. The third-order valence-electron chi connectivity index (χ3n) is 17.3. The molecule has 2 aliphatic carbocycles. The summed E-state index contributed by atoms with van der Waals surface area (Å²) in [5, 5.41) is 17.6. The first-order valence-electron chi connectivity index (χ1n) is 19.8. The molecule has 11 atom stereocenters. The molecule has 270 valence electrons. The average Bonchev–Trinajstić information content (AvgIpc) is 3.99. The van der Waals surface area contributed by atoms with Crippen molar-refractivity contribution in [1.82, 2.24) is 9.80 Å². The van der Waals surface area contributed by atoms with Crippen molar-refractivity contribution in [3.8, 4) is 0 Å². The van der Waals surface area contributed by atoms with Gasteiger partial charge in [-0.25, -0.2) is 4.79 Å². The minimum absolute atomic E-state index is 0.0642. The molecule has 13 rings (SSSR count). The summed E-state index contributed by atoms with van der Waals surface area (Å²) < 4.78 is 19.0. The van der Waals surface area contributed by atoms with Crippen molar-refractivity contribution >= 4 is 23.3 Å². The van der Waals surface area contributed by atoms with E-state index in [0.29, 0.717) is 26.0 Å². The van der Waals surface area contributed by atoms with Crippen LogP contribution in [0.5, 0.6) is 0 Å². The SMILES string of the molecule is COC(=O)C1=C2Nc3ccccc3[C@@]23CCN2C[C@]4(C[C@@H]5C[C@]67CC(=O)O[C@H]6CCN6CC[C@@]8(c9ccccc9N(C4)[C@@]58O)[C@@H]67)[C@@H]4OCC[C@]4(C1)[C@H]23. The lowest BCUT2D eigenvalue weighted by Crippen LogP contribution is -2.81. The van der Waals surface area contributed by atoms with Crippen LogP contribution in [0.4, 0.5) is 11.4 Å². The van der Waals surface area contributed by atoms with Crippen molar-refractivity contribution in [2.24, 2.45) is 22.2 Å². The molecular formula is C42H46N4O6. The van der Waals surface area contributed by atoms with Crippen LogP contribution in [0.25, 0.3) is 0 Å². The lowest BCUT2D eigenvalue weighted by atomic mass is 9.43. The highest BCUT2D eigenvalue weighted by atomic mass is 16.6. The third kappa shape index (κ3) is 2.87. The number of para-hydroxylation sites is 2. The van der Waals surface area contributed by atoms with E-state index in [1.165, 1.54) is 18.2 Å². The van der Waals surface area contributed by atoms with Gasteiger partial charge in [-0.2, -0.15) is 0 Å². The molecule has 0 aromatic heterocycles. The number of aliphatic hydroxyl groups is 1. The molecule has 10 heteroatoms. The van der Waals surface area contributed by atoms with Gasteiger partial charge in [0, 0.05) is 77.6 Å². The normalized spacial score (nSPS) is 48.2. The first-order chi connectivity index (χ1) is 25.3. The van der Waals surface area contributed by atoms with E-state index in [9.17, 15) is 14.7 Å². The van der Waals surface area contributed by atoms with Gasteiger partial charge >= 0.3 is 11.9 Å². The number of piperidine rings is 3. The van der Waals surface area contributed by atoms with Gasteiger partial charge in [-0.05, 0) is 81.3 Å². The highest BCUT2D eigenvalue weighted by Gasteiger charge is 2.83. The van der Waals surface area contributed by atoms with Crippen molar-refractivity contribution in [3.05, 3.63) is 70.9 Å². The van der Waals surface area contributed by atoms with E-state index in [1.807, 2.05) is 0 Å². The standard InChI is InChI=1S/C42H46N4O6/c1-50-33(48)25-20-38-13-17-51-36(38)37(22-45-15-11-40(34(38)45)26-6-2-4-8-28(26)43-32(25)40)18-24-19-39-21-31(47)52-30(39)10-14-44-16-12-41(35(39)44)27-7-3-5-9-29(27)46(23-37)42(24,41)49/h2-9,24,30,34-36,43,49H,10-23H2,1H3/t24-,30+,34+,35+,36+,37+,38+,39+,40+,41-,42-/m1/s1. The number of nitrogens with one attached hydrogen (secondary N) is 1. The predicted molar refractivity (Wildman–Crippen MR) is 189 cm³/mol. The molecule has 10 nitrogen and oxygen atoms in total. The van der Waals surface area contributed by atoms with Crippen LogP contribution in [-0.2, 0) is 34.6 Å². The van der Waals surface area contributed by atoms with Crippen LogP contribution in [-0.4, -0.2) is 103 Å². The van der Waals surface area contributed by atoms with Crippen LogP contribution in [0.1, 0.15) is 62.5 Å². The number of carbonyl (C=O) groups is 2. The van der Waals surface area contributed by atoms with Gasteiger partial charge in [0.15, 0.2) is 5.72 Å². The van der Waals surface area contributed by atoms with E-state index in [4.69, 9.17) is 14.2 Å². The number of carbonyl (C=O) groups excluding carboxylic acids is 2. The highest BCUT2D eigenvalue weighted by Crippen LogP contribution is 2.76.